The van der Waals surface area contributed by atoms with E-state index in [1.807, 2.05) is 30.3 Å². The second-order valence-corrected chi connectivity index (χ2v) is 5.84. The van der Waals surface area contributed by atoms with E-state index in [0.717, 1.165) is 5.75 Å². The number of H-pyrrole nitrogens is 1. The van der Waals surface area contributed by atoms with Crippen molar-refractivity contribution in [2.24, 2.45) is 0 Å². The summed E-state index contributed by atoms with van der Waals surface area (Å²) in [5, 5.41) is 2.90. The lowest BCUT2D eigenvalue weighted by Gasteiger charge is -2.08. The normalized spacial score (nSPS) is 10.7. The molecule has 0 aliphatic carbocycles. The predicted octanol–water partition coefficient (Wildman–Crippen LogP) is 3.87. The standard InChI is InChI=1S/C20H15N3O4/c1-12-16(17-18(24)21-11-22-20(17)26-12)19(25)23-13-7-9-15(10-8-13)27-14-5-3-2-4-6-14/h2-11H,1H3,(H,23,25)(H,21,22,24). The van der Waals surface area contributed by atoms with Gasteiger partial charge in [-0.15, -0.1) is 0 Å². The lowest BCUT2D eigenvalue weighted by atomic mass is 10.1. The molecule has 0 radical (unpaired) electrons. The Labute approximate surface area is 153 Å². The van der Waals surface area contributed by atoms with Crippen molar-refractivity contribution in [3.05, 3.63) is 82.6 Å². The van der Waals surface area contributed by atoms with E-state index in [1.54, 1.807) is 31.2 Å². The number of carbonyl (C=O) groups excluding carboxylic acids is 1. The molecule has 0 aliphatic heterocycles. The second kappa shape index (κ2) is 6.80. The molecule has 0 saturated carbocycles. The van der Waals surface area contributed by atoms with Crippen LogP contribution in [-0.4, -0.2) is 15.9 Å². The van der Waals surface area contributed by atoms with Crippen LogP contribution in [0, 0.1) is 6.92 Å². The third-order valence-corrected chi connectivity index (χ3v) is 3.99. The minimum absolute atomic E-state index is 0.132. The van der Waals surface area contributed by atoms with Crippen LogP contribution < -0.4 is 15.6 Å². The highest BCUT2D eigenvalue weighted by Gasteiger charge is 2.21. The summed E-state index contributed by atoms with van der Waals surface area (Å²) < 4.78 is 11.1. The summed E-state index contributed by atoms with van der Waals surface area (Å²) in [5.41, 5.74) is 0.445. The molecule has 134 valence electrons. The molecule has 4 aromatic rings. The first-order valence-corrected chi connectivity index (χ1v) is 8.23. The fraction of sp³-hybridized carbons (Fsp3) is 0.0500. The Kier molecular flexibility index (Phi) is 4.18. The average molecular weight is 361 g/mol. The molecule has 2 aromatic heterocycles. The van der Waals surface area contributed by atoms with Crippen LogP contribution in [0.3, 0.4) is 0 Å². The Hall–Kier alpha value is -3.87. The number of amides is 1. The first-order valence-electron chi connectivity index (χ1n) is 8.23. The van der Waals surface area contributed by atoms with Crippen molar-refractivity contribution in [2.45, 2.75) is 6.92 Å². The molecule has 0 aliphatic rings. The molecule has 0 spiro atoms. The van der Waals surface area contributed by atoms with Crippen LogP contribution in [-0.2, 0) is 0 Å². The van der Waals surface area contributed by atoms with Crippen LogP contribution >= 0.6 is 0 Å². The fourth-order valence-electron chi connectivity index (χ4n) is 2.75. The molecule has 0 saturated heterocycles. The maximum atomic E-state index is 12.7. The quantitative estimate of drug-likeness (QED) is 0.575. The van der Waals surface area contributed by atoms with Gasteiger partial charge in [-0.1, -0.05) is 18.2 Å². The Bertz CT molecular complexity index is 1160. The maximum absolute atomic E-state index is 12.7. The molecular formula is C20H15N3O4. The molecule has 7 heteroatoms. The summed E-state index contributed by atoms with van der Waals surface area (Å²) in [5.74, 6) is 1.25. The first-order chi connectivity index (χ1) is 13.1. The van der Waals surface area contributed by atoms with E-state index >= 15 is 0 Å². The van der Waals surface area contributed by atoms with Crippen LogP contribution in [0.15, 0.2) is 70.1 Å². The monoisotopic (exact) mass is 361 g/mol. The van der Waals surface area contributed by atoms with Crippen molar-refractivity contribution in [1.82, 2.24) is 9.97 Å². The molecule has 0 bridgehead atoms. The SMILES string of the molecule is Cc1oc2nc[nH]c(=O)c2c1C(=O)Nc1ccc(Oc2ccccc2)cc1. The number of fused-ring (bicyclic) bond motifs is 1. The highest BCUT2D eigenvalue weighted by atomic mass is 16.5. The van der Waals surface area contributed by atoms with E-state index in [2.05, 4.69) is 15.3 Å². The molecule has 0 unspecified atom stereocenters. The third-order valence-electron chi connectivity index (χ3n) is 3.99. The van der Waals surface area contributed by atoms with E-state index in [4.69, 9.17) is 9.15 Å². The van der Waals surface area contributed by atoms with Crippen molar-refractivity contribution in [1.29, 1.82) is 0 Å². The van der Waals surface area contributed by atoms with Gasteiger partial charge < -0.3 is 19.5 Å². The van der Waals surface area contributed by atoms with Gasteiger partial charge in [0, 0.05) is 5.69 Å². The number of para-hydroxylation sites is 1. The zero-order valence-electron chi connectivity index (χ0n) is 14.4. The van der Waals surface area contributed by atoms with E-state index in [0.29, 0.717) is 17.2 Å². The first kappa shape index (κ1) is 16.6. The number of aromatic nitrogens is 2. The van der Waals surface area contributed by atoms with Gasteiger partial charge in [-0.05, 0) is 43.3 Å². The number of hydrogen-bond acceptors (Lipinski definition) is 5. The van der Waals surface area contributed by atoms with Crippen LogP contribution in [0.5, 0.6) is 11.5 Å². The molecule has 2 heterocycles. The van der Waals surface area contributed by atoms with Gasteiger partial charge >= 0.3 is 0 Å². The maximum Gasteiger partial charge on any atom is 0.262 e. The number of ether oxygens (including phenoxy) is 1. The van der Waals surface area contributed by atoms with Crippen LogP contribution in [0.2, 0.25) is 0 Å². The molecule has 27 heavy (non-hydrogen) atoms. The molecule has 2 N–H and O–H groups in total. The van der Waals surface area contributed by atoms with Crippen molar-refractivity contribution in [3.63, 3.8) is 0 Å². The second-order valence-electron chi connectivity index (χ2n) is 5.84. The largest absolute Gasteiger partial charge is 0.457 e. The lowest BCUT2D eigenvalue weighted by Crippen LogP contribution is -2.16. The van der Waals surface area contributed by atoms with Crippen molar-refractivity contribution in [3.8, 4) is 11.5 Å². The lowest BCUT2D eigenvalue weighted by molar-refractivity contribution is 0.102. The summed E-state index contributed by atoms with van der Waals surface area (Å²) in [7, 11) is 0. The number of carbonyl (C=O) groups is 1. The van der Waals surface area contributed by atoms with Crippen molar-refractivity contribution < 1.29 is 13.9 Å². The topological polar surface area (TPSA) is 97.2 Å². The highest BCUT2D eigenvalue weighted by Crippen LogP contribution is 2.24. The van der Waals surface area contributed by atoms with E-state index in [-0.39, 0.29) is 16.7 Å². The van der Waals surface area contributed by atoms with Crippen LogP contribution in [0.1, 0.15) is 16.1 Å². The summed E-state index contributed by atoms with van der Waals surface area (Å²) in [6.07, 6.45) is 1.24. The molecule has 7 nitrogen and oxygen atoms in total. The Morgan fingerprint density at radius 1 is 1.07 bits per heavy atom. The number of rotatable bonds is 4. The molecular weight excluding hydrogens is 346 g/mol. The van der Waals surface area contributed by atoms with Gasteiger partial charge in [0.1, 0.15) is 22.6 Å². The fourth-order valence-corrected chi connectivity index (χ4v) is 2.75. The Balaban J connectivity index is 1.55. The third kappa shape index (κ3) is 3.30. The minimum atomic E-state index is -0.443. The number of furan rings is 1. The van der Waals surface area contributed by atoms with Gasteiger partial charge in [0.05, 0.1) is 11.9 Å². The van der Waals surface area contributed by atoms with Crippen molar-refractivity contribution in [2.75, 3.05) is 5.32 Å². The van der Waals surface area contributed by atoms with Gasteiger partial charge in [-0.3, -0.25) is 9.59 Å². The predicted molar refractivity (Wildman–Crippen MR) is 100 cm³/mol. The van der Waals surface area contributed by atoms with Crippen LogP contribution in [0.4, 0.5) is 5.69 Å². The average Bonchev–Trinajstić information content (AvgIpc) is 3.01. The Morgan fingerprint density at radius 3 is 2.52 bits per heavy atom. The minimum Gasteiger partial charge on any atom is -0.457 e. The molecule has 1 amide bonds. The summed E-state index contributed by atoms with van der Waals surface area (Å²) in [4.78, 5) is 31.1. The smallest absolute Gasteiger partial charge is 0.262 e. The number of anilines is 1. The van der Waals surface area contributed by atoms with E-state index < -0.39 is 11.5 Å². The van der Waals surface area contributed by atoms with Gasteiger partial charge in [0.15, 0.2) is 0 Å². The van der Waals surface area contributed by atoms with E-state index in [9.17, 15) is 9.59 Å². The van der Waals surface area contributed by atoms with E-state index in [1.165, 1.54) is 6.33 Å². The Morgan fingerprint density at radius 2 is 1.78 bits per heavy atom. The summed E-state index contributed by atoms with van der Waals surface area (Å²) in [6.45, 7) is 1.62. The van der Waals surface area contributed by atoms with Gasteiger partial charge in [-0.25, -0.2) is 4.98 Å². The van der Waals surface area contributed by atoms with Gasteiger partial charge in [-0.2, -0.15) is 0 Å². The molecule has 0 atom stereocenters. The number of hydrogen-bond donors (Lipinski definition) is 2. The molecule has 0 fully saturated rings. The van der Waals surface area contributed by atoms with Gasteiger partial charge in [0.2, 0.25) is 5.71 Å². The molecule has 2 aromatic carbocycles. The number of aryl methyl sites for hydroxylation is 1. The number of nitrogens with zero attached hydrogens (tertiary/aromatic N) is 1. The zero-order valence-corrected chi connectivity index (χ0v) is 14.4. The zero-order chi connectivity index (χ0) is 18.8. The summed E-state index contributed by atoms with van der Waals surface area (Å²) >= 11 is 0. The summed E-state index contributed by atoms with van der Waals surface area (Å²) in [6, 6.07) is 16.3. The van der Waals surface area contributed by atoms with Gasteiger partial charge in [0.25, 0.3) is 11.5 Å². The number of aromatic amines is 1. The number of nitrogens with one attached hydrogen (secondary N) is 2. The number of benzene rings is 2. The van der Waals surface area contributed by atoms with Crippen LogP contribution in [0.25, 0.3) is 11.1 Å². The highest BCUT2D eigenvalue weighted by molar-refractivity contribution is 6.12. The molecule has 4 rings (SSSR count). The van der Waals surface area contributed by atoms with Crippen molar-refractivity contribution >= 4 is 22.7 Å².